The molecule has 0 saturated carbocycles. The number of nitrogens with one attached hydrogen (secondary N) is 1. The average molecular weight is 335 g/mol. The predicted octanol–water partition coefficient (Wildman–Crippen LogP) is 2.32. The number of carbonyl (C=O) groups excluding carboxylic acids is 1. The van der Waals surface area contributed by atoms with Crippen molar-refractivity contribution in [3.8, 4) is 0 Å². The van der Waals surface area contributed by atoms with Crippen LogP contribution in [0.5, 0.6) is 0 Å². The Morgan fingerprint density at radius 2 is 2.25 bits per heavy atom. The molecular weight excluding hydrogens is 320 g/mol. The standard InChI is InChI=1S/C14H15BrN4O/c1-14(6-12(20)19(2)13(16)18-14)8-3-4-11-9(5-8)10(15)7-17-11/h3-5,7,17H,6H2,1-2H3,(H2,16,18)/t14-/m0/s1. The molecule has 0 unspecified atom stereocenters. The van der Waals surface area contributed by atoms with Gasteiger partial charge in [0, 0.05) is 28.6 Å². The minimum absolute atomic E-state index is 0.0202. The van der Waals surface area contributed by atoms with Crippen LogP contribution in [-0.2, 0) is 10.3 Å². The lowest BCUT2D eigenvalue weighted by molar-refractivity contribution is -0.128. The average Bonchev–Trinajstić information content (AvgIpc) is 2.77. The minimum Gasteiger partial charge on any atom is -0.369 e. The zero-order valence-electron chi connectivity index (χ0n) is 11.3. The van der Waals surface area contributed by atoms with E-state index in [1.54, 1.807) is 7.05 Å². The van der Waals surface area contributed by atoms with E-state index >= 15 is 0 Å². The third-order valence-electron chi connectivity index (χ3n) is 3.83. The van der Waals surface area contributed by atoms with E-state index in [-0.39, 0.29) is 11.9 Å². The van der Waals surface area contributed by atoms with E-state index in [1.165, 1.54) is 4.90 Å². The molecule has 1 amide bonds. The van der Waals surface area contributed by atoms with Crippen LogP contribution in [0, 0.1) is 0 Å². The second-order valence-electron chi connectivity index (χ2n) is 5.27. The smallest absolute Gasteiger partial charge is 0.231 e. The highest BCUT2D eigenvalue weighted by molar-refractivity contribution is 9.10. The molecule has 0 fully saturated rings. The summed E-state index contributed by atoms with van der Waals surface area (Å²) in [5.41, 5.74) is 7.25. The number of carbonyl (C=O) groups is 1. The Labute approximate surface area is 125 Å². The summed E-state index contributed by atoms with van der Waals surface area (Å²) in [5.74, 6) is 0.241. The van der Waals surface area contributed by atoms with Crippen molar-refractivity contribution in [3.05, 3.63) is 34.4 Å². The van der Waals surface area contributed by atoms with Crippen LogP contribution >= 0.6 is 15.9 Å². The largest absolute Gasteiger partial charge is 0.369 e. The van der Waals surface area contributed by atoms with E-state index in [4.69, 9.17) is 5.73 Å². The van der Waals surface area contributed by atoms with Crippen LogP contribution in [0.4, 0.5) is 0 Å². The summed E-state index contributed by atoms with van der Waals surface area (Å²) in [5, 5.41) is 1.07. The van der Waals surface area contributed by atoms with Gasteiger partial charge in [-0.3, -0.25) is 9.69 Å². The van der Waals surface area contributed by atoms with Gasteiger partial charge in [0.2, 0.25) is 5.91 Å². The van der Waals surface area contributed by atoms with Gasteiger partial charge in [-0.25, -0.2) is 4.99 Å². The van der Waals surface area contributed by atoms with Crippen LogP contribution in [0.25, 0.3) is 10.9 Å². The molecule has 3 N–H and O–H groups in total. The van der Waals surface area contributed by atoms with Crippen molar-refractivity contribution in [3.63, 3.8) is 0 Å². The number of halogens is 1. The minimum atomic E-state index is -0.613. The number of hydrogen-bond acceptors (Lipinski definition) is 3. The molecule has 1 aromatic carbocycles. The molecule has 0 aliphatic carbocycles. The second kappa shape index (κ2) is 4.34. The van der Waals surface area contributed by atoms with Gasteiger partial charge in [-0.2, -0.15) is 0 Å². The molecule has 2 heterocycles. The molecule has 1 aliphatic heterocycles. The molecule has 6 heteroatoms. The number of fused-ring (bicyclic) bond motifs is 1. The first-order valence-corrected chi connectivity index (χ1v) is 7.09. The number of hydrogen-bond donors (Lipinski definition) is 2. The summed E-state index contributed by atoms with van der Waals surface area (Å²) in [6.07, 6.45) is 2.21. The molecule has 1 aromatic heterocycles. The number of H-pyrrole nitrogens is 1. The number of amides is 1. The summed E-state index contributed by atoms with van der Waals surface area (Å²) in [4.78, 5) is 21.1. The number of guanidine groups is 1. The molecule has 20 heavy (non-hydrogen) atoms. The van der Waals surface area contributed by atoms with Crippen LogP contribution in [0.2, 0.25) is 0 Å². The van der Waals surface area contributed by atoms with Gasteiger partial charge in [0.15, 0.2) is 5.96 Å². The van der Waals surface area contributed by atoms with Crippen LogP contribution in [0.15, 0.2) is 33.9 Å². The molecular formula is C14H15BrN4O. The number of benzene rings is 1. The van der Waals surface area contributed by atoms with Gasteiger partial charge in [-0.1, -0.05) is 6.07 Å². The third-order valence-corrected chi connectivity index (χ3v) is 4.48. The van der Waals surface area contributed by atoms with Gasteiger partial charge in [0.25, 0.3) is 0 Å². The molecule has 2 aromatic rings. The van der Waals surface area contributed by atoms with Gasteiger partial charge in [0.05, 0.1) is 12.0 Å². The lowest BCUT2D eigenvalue weighted by Crippen LogP contribution is -2.47. The number of rotatable bonds is 1. The SMILES string of the molecule is CN1C(=O)C[C@@](C)(c2ccc3[nH]cc(Br)c3c2)N=C1N. The fourth-order valence-electron chi connectivity index (χ4n) is 2.50. The highest BCUT2D eigenvalue weighted by Crippen LogP contribution is 2.35. The molecule has 0 bridgehead atoms. The van der Waals surface area contributed by atoms with Crippen LogP contribution < -0.4 is 5.73 Å². The van der Waals surface area contributed by atoms with E-state index in [0.717, 1.165) is 20.9 Å². The lowest BCUT2D eigenvalue weighted by atomic mass is 9.87. The summed E-state index contributed by atoms with van der Waals surface area (Å²) >= 11 is 3.51. The Kier molecular flexibility index (Phi) is 2.86. The van der Waals surface area contributed by atoms with Crippen molar-refractivity contribution in [1.29, 1.82) is 0 Å². The Morgan fingerprint density at radius 1 is 1.50 bits per heavy atom. The lowest BCUT2D eigenvalue weighted by Gasteiger charge is -2.33. The Bertz CT molecular complexity index is 736. The van der Waals surface area contributed by atoms with Gasteiger partial charge in [0.1, 0.15) is 0 Å². The molecule has 3 rings (SSSR count). The van der Waals surface area contributed by atoms with Crippen LogP contribution in [-0.4, -0.2) is 28.8 Å². The Hall–Kier alpha value is -1.82. The first-order valence-electron chi connectivity index (χ1n) is 6.30. The third kappa shape index (κ3) is 1.91. The van der Waals surface area contributed by atoms with E-state index < -0.39 is 5.54 Å². The maximum absolute atomic E-state index is 12.0. The molecule has 0 radical (unpaired) electrons. The zero-order chi connectivity index (χ0) is 14.5. The second-order valence-corrected chi connectivity index (χ2v) is 6.12. The number of aromatic amines is 1. The maximum atomic E-state index is 12.0. The predicted molar refractivity (Wildman–Crippen MR) is 82.4 cm³/mol. The van der Waals surface area contributed by atoms with Gasteiger partial charge in [-0.15, -0.1) is 0 Å². The van der Waals surface area contributed by atoms with Crippen molar-refractivity contribution in [2.24, 2.45) is 10.7 Å². The number of nitrogens with two attached hydrogens (primary N) is 1. The van der Waals surface area contributed by atoms with Crippen molar-refractivity contribution >= 4 is 38.7 Å². The molecule has 104 valence electrons. The number of nitrogens with zero attached hydrogens (tertiary/aromatic N) is 2. The normalized spacial score (nSPS) is 23.2. The first-order chi connectivity index (χ1) is 9.40. The topological polar surface area (TPSA) is 74.5 Å². The number of aromatic nitrogens is 1. The summed E-state index contributed by atoms with van der Waals surface area (Å²) in [7, 11) is 1.65. The maximum Gasteiger partial charge on any atom is 0.231 e. The highest BCUT2D eigenvalue weighted by Gasteiger charge is 2.36. The van der Waals surface area contributed by atoms with Gasteiger partial charge in [-0.05, 0) is 40.5 Å². The first kappa shape index (κ1) is 13.2. The zero-order valence-corrected chi connectivity index (χ0v) is 12.9. The molecule has 1 aliphatic rings. The van der Waals surface area contributed by atoms with Gasteiger partial charge < -0.3 is 10.7 Å². The molecule has 0 spiro atoms. The Balaban J connectivity index is 2.14. The van der Waals surface area contributed by atoms with Crippen molar-refractivity contribution in [1.82, 2.24) is 9.88 Å². The highest BCUT2D eigenvalue weighted by atomic mass is 79.9. The van der Waals surface area contributed by atoms with Crippen LogP contribution in [0.1, 0.15) is 18.9 Å². The quantitative estimate of drug-likeness (QED) is 0.839. The number of aliphatic imine (C=N–C) groups is 1. The van der Waals surface area contributed by atoms with E-state index in [2.05, 4.69) is 25.9 Å². The molecule has 1 atom stereocenters. The summed E-state index contributed by atoms with van der Waals surface area (Å²) in [6, 6.07) is 6.03. The van der Waals surface area contributed by atoms with Crippen molar-refractivity contribution in [2.75, 3.05) is 7.05 Å². The van der Waals surface area contributed by atoms with E-state index in [9.17, 15) is 4.79 Å². The van der Waals surface area contributed by atoms with Crippen molar-refractivity contribution < 1.29 is 4.79 Å². The monoisotopic (exact) mass is 334 g/mol. The molecule has 0 saturated heterocycles. The fraction of sp³-hybridized carbons (Fsp3) is 0.286. The fourth-order valence-corrected chi connectivity index (χ4v) is 2.94. The van der Waals surface area contributed by atoms with Gasteiger partial charge >= 0.3 is 0 Å². The van der Waals surface area contributed by atoms with Crippen molar-refractivity contribution in [2.45, 2.75) is 18.9 Å². The van der Waals surface area contributed by atoms with E-state index in [1.807, 2.05) is 31.3 Å². The molecule has 5 nitrogen and oxygen atoms in total. The Morgan fingerprint density at radius 3 is 2.95 bits per heavy atom. The van der Waals surface area contributed by atoms with E-state index in [0.29, 0.717) is 6.42 Å². The summed E-state index contributed by atoms with van der Waals surface area (Å²) in [6.45, 7) is 1.94. The van der Waals surface area contributed by atoms with Crippen LogP contribution in [0.3, 0.4) is 0 Å². The summed E-state index contributed by atoms with van der Waals surface area (Å²) < 4.78 is 0.995.